The van der Waals surface area contributed by atoms with Gasteiger partial charge in [-0.1, -0.05) is 61.4 Å². The summed E-state index contributed by atoms with van der Waals surface area (Å²) in [6.07, 6.45) is 15.6. The highest BCUT2D eigenvalue weighted by Gasteiger charge is 2.04. The van der Waals surface area contributed by atoms with E-state index in [9.17, 15) is 0 Å². The lowest BCUT2D eigenvalue weighted by Crippen LogP contribution is -1.94. The molecule has 0 aromatic rings. The zero-order chi connectivity index (χ0) is 10.4. The first-order chi connectivity index (χ1) is 6.77. The molecule has 0 heterocycles. The van der Waals surface area contributed by atoms with Gasteiger partial charge in [-0.3, -0.25) is 0 Å². The molecule has 0 aliphatic heterocycles. The molecule has 0 amide bonds. The van der Waals surface area contributed by atoms with Crippen LogP contribution in [0.3, 0.4) is 0 Å². The van der Waals surface area contributed by atoms with Crippen molar-refractivity contribution < 1.29 is 0 Å². The summed E-state index contributed by atoms with van der Waals surface area (Å²) in [4.78, 5) is 0. The average Bonchev–Trinajstić information content (AvgIpc) is 2.42. The van der Waals surface area contributed by atoms with E-state index >= 15 is 0 Å². The SMILES string of the molecule is CC=CC(C)C1=CC=CC(CC)=CC1. The molecule has 0 saturated heterocycles. The van der Waals surface area contributed by atoms with Crippen LogP contribution in [0.25, 0.3) is 0 Å². The fourth-order valence-electron chi connectivity index (χ4n) is 1.69. The maximum absolute atomic E-state index is 2.34. The van der Waals surface area contributed by atoms with Gasteiger partial charge in [0.2, 0.25) is 0 Å². The van der Waals surface area contributed by atoms with E-state index in [1.807, 2.05) is 0 Å². The number of rotatable bonds is 3. The molecule has 1 rings (SSSR count). The Kier molecular flexibility index (Phi) is 4.45. The normalized spacial score (nSPS) is 19.1. The van der Waals surface area contributed by atoms with Gasteiger partial charge in [-0.2, -0.15) is 0 Å². The predicted molar refractivity (Wildman–Crippen MR) is 64.2 cm³/mol. The van der Waals surface area contributed by atoms with Crippen LogP contribution in [-0.4, -0.2) is 0 Å². The van der Waals surface area contributed by atoms with E-state index in [1.54, 1.807) is 0 Å². The fraction of sp³-hybridized carbons (Fsp3) is 0.429. The van der Waals surface area contributed by atoms with Crippen LogP contribution in [0.4, 0.5) is 0 Å². The lowest BCUT2D eigenvalue weighted by Gasteiger charge is -2.08. The van der Waals surface area contributed by atoms with Gasteiger partial charge >= 0.3 is 0 Å². The van der Waals surface area contributed by atoms with Crippen LogP contribution in [0, 0.1) is 5.92 Å². The summed E-state index contributed by atoms with van der Waals surface area (Å²) in [5.74, 6) is 0.567. The Morgan fingerprint density at radius 3 is 2.93 bits per heavy atom. The van der Waals surface area contributed by atoms with Crippen LogP contribution < -0.4 is 0 Å². The van der Waals surface area contributed by atoms with E-state index in [-0.39, 0.29) is 0 Å². The third-order valence-corrected chi connectivity index (χ3v) is 2.69. The first kappa shape index (κ1) is 11.0. The van der Waals surface area contributed by atoms with Gasteiger partial charge in [-0.25, -0.2) is 0 Å². The van der Waals surface area contributed by atoms with Gasteiger partial charge in [-0.05, 0) is 25.7 Å². The van der Waals surface area contributed by atoms with Gasteiger partial charge in [0.05, 0.1) is 0 Å². The second-order valence-electron chi connectivity index (χ2n) is 3.75. The molecule has 0 nitrogen and oxygen atoms in total. The molecule has 76 valence electrons. The predicted octanol–water partition coefficient (Wildman–Crippen LogP) is 4.42. The minimum Gasteiger partial charge on any atom is -0.0911 e. The van der Waals surface area contributed by atoms with E-state index in [0.29, 0.717) is 5.92 Å². The van der Waals surface area contributed by atoms with E-state index in [0.717, 1.165) is 12.8 Å². The van der Waals surface area contributed by atoms with Gasteiger partial charge in [0.25, 0.3) is 0 Å². The molecule has 1 atom stereocenters. The smallest absolute Gasteiger partial charge is 0.00455 e. The van der Waals surface area contributed by atoms with Gasteiger partial charge in [0.1, 0.15) is 0 Å². The Balaban J connectivity index is 2.71. The van der Waals surface area contributed by atoms with E-state index in [1.165, 1.54) is 11.1 Å². The summed E-state index contributed by atoms with van der Waals surface area (Å²) in [5.41, 5.74) is 2.95. The number of hydrogen-bond acceptors (Lipinski definition) is 0. The van der Waals surface area contributed by atoms with Crippen molar-refractivity contribution >= 4 is 0 Å². The van der Waals surface area contributed by atoms with Crippen molar-refractivity contribution in [1.29, 1.82) is 0 Å². The first-order valence-electron chi connectivity index (χ1n) is 5.47. The molecule has 0 saturated carbocycles. The topological polar surface area (TPSA) is 0 Å². The Morgan fingerprint density at radius 1 is 1.50 bits per heavy atom. The molecule has 0 N–H and O–H groups in total. The summed E-state index contributed by atoms with van der Waals surface area (Å²) in [6, 6.07) is 0. The monoisotopic (exact) mass is 188 g/mol. The van der Waals surface area contributed by atoms with Crippen molar-refractivity contribution in [2.75, 3.05) is 0 Å². The summed E-state index contributed by atoms with van der Waals surface area (Å²) >= 11 is 0. The quantitative estimate of drug-likeness (QED) is 0.575. The van der Waals surface area contributed by atoms with Crippen molar-refractivity contribution in [3.8, 4) is 0 Å². The molecular weight excluding hydrogens is 168 g/mol. The molecule has 1 unspecified atom stereocenters. The molecule has 1 aliphatic carbocycles. The Labute approximate surface area is 87.7 Å². The summed E-state index contributed by atoms with van der Waals surface area (Å²) in [6.45, 7) is 6.54. The molecule has 0 spiro atoms. The molecule has 1 aliphatic rings. The maximum atomic E-state index is 2.34. The summed E-state index contributed by atoms with van der Waals surface area (Å²) in [7, 11) is 0. The number of hydrogen-bond donors (Lipinski definition) is 0. The highest BCUT2D eigenvalue weighted by Crippen LogP contribution is 2.21. The zero-order valence-corrected chi connectivity index (χ0v) is 9.46. The van der Waals surface area contributed by atoms with Crippen molar-refractivity contribution in [1.82, 2.24) is 0 Å². The molecule has 0 bridgehead atoms. The lowest BCUT2D eigenvalue weighted by atomic mass is 9.97. The zero-order valence-electron chi connectivity index (χ0n) is 9.46. The van der Waals surface area contributed by atoms with E-state index < -0.39 is 0 Å². The second-order valence-corrected chi connectivity index (χ2v) is 3.75. The van der Waals surface area contributed by atoms with Crippen LogP contribution in [0.2, 0.25) is 0 Å². The summed E-state index contributed by atoms with van der Waals surface area (Å²) in [5, 5.41) is 0. The van der Waals surface area contributed by atoms with Gasteiger partial charge in [-0.15, -0.1) is 0 Å². The summed E-state index contributed by atoms with van der Waals surface area (Å²) < 4.78 is 0. The van der Waals surface area contributed by atoms with Gasteiger partial charge in [0, 0.05) is 0 Å². The molecule has 0 aromatic carbocycles. The van der Waals surface area contributed by atoms with E-state index in [2.05, 4.69) is 57.2 Å². The van der Waals surface area contributed by atoms with Crippen LogP contribution in [0.1, 0.15) is 33.6 Å². The van der Waals surface area contributed by atoms with Crippen molar-refractivity contribution in [3.63, 3.8) is 0 Å². The number of allylic oxidation sites excluding steroid dienone is 8. The Hall–Kier alpha value is -1.04. The molecule has 0 radical (unpaired) electrons. The average molecular weight is 188 g/mol. The van der Waals surface area contributed by atoms with Crippen LogP contribution in [0.15, 0.2) is 47.6 Å². The van der Waals surface area contributed by atoms with Gasteiger partial charge in [0.15, 0.2) is 0 Å². The van der Waals surface area contributed by atoms with Crippen LogP contribution in [0.5, 0.6) is 0 Å². The first-order valence-corrected chi connectivity index (χ1v) is 5.47. The highest BCUT2D eigenvalue weighted by atomic mass is 14.1. The third kappa shape index (κ3) is 3.02. The molecule has 14 heavy (non-hydrogen) atoms. The molecule has 0 fully saturated rings. The van der Waals surface area contributed by atoms with Crippen molar-refractivity contribution in [2.24, 2.45) is 5.92 Å². The Bertz CT molecular complexity index is 287. The van der Waals surface area contributed by atoms with Crippen LogP contribution >= 0.6 is 0 Å². The fourth-order valence-corrected chi connectivity index (χ4v) is 1.69. The lowest BCUT2D eigenvalue weighted by molar-refractivity contribution is 0.830. The molecule has 0 aromatic heterocycles. The minimum absolute atomic E-state index is 0.567. The third-order valence-electron chi connectivity index (χ3n) is 2.69. The van der Waals surface area contributed by atoms with Gasteiger partial charge < -0.3 is 0 Å². The van der Waals surface area contributed by atoms with E-state index in [4.69, 9.17) is 0 Å². The molecule has 0 heteroatoms. The van der Waals surface area contributed by atoms with Crippen molar-refractivity contribution in [3.05, 3.63) is 47.6 Å². The Morgan fingerprint density at radius 2 is 2.29 bits per heavy atom. The van der Waals surface area contributed by atoms with Crippen molar-refractivity contribution in [2.45, 2.75) is 33.6 Å². The molecular formula is C14H20. The minimum atomic E-state index is 0.567. The standard InChI is InChI=1S/C14H20/c1-4-7-12(3)14-9-6-8-13(5-2)10-11-14/h4,6-10,12H,5,11H2,1-3H3. The van der Waals surface area contributed by atoms with Crippen LogP contribution in [-0.2, 0) is 0 Å². The largest absolute Gasteiger partial charge is 0.0911 e. The second kappa shape index (κ2) is 5.64. The maximum Gasteiger partial charge on any atom is -0.00455 e. The highest BCUT2D eigenvalue weighted by molar-refractivity contribution is 5.31.